The molecule has 1 fully saturated rings. The van der Waals surface area contributed by atoms with Gasteiger partial charge in [0.15, 0.2) is 12.5 Å². The van der Waals surface area contributed by atoms with E-state index in [2.05, 4.69) is 5.32 Å². The molecule has 9 heteroatoms. The number of nitrogens with zero attached hydrogens (tertiary/aromatic N) is 1. The van der Waals surface area contributed by atoms with E-state index in [1.165, 1.54) is 28.0 Å². The number of hydrogen-bond donors (Lipinski definition) is 2. The number of fused-ring (bicyclic) bond motifs is 1. The molecule has 0 aliphatic carbocycles. The zero-order valence-electron chi connectivity index (χ0n) is 12.1. The Labute approximate surface area is 140 Å². The number of amides is 3. The number of rotatable bonds is 6. The SMILES string of the molecule is NC(=O)COC1=CCSC2C(NC(=O)Cc3cccs3)C(=O)N12. The molecule has 2 aliphatic rings. The van der Waals surface area contributed by atoms with Crippen LogP contribution in [-0.2, 0) is 25.5 Å². The standard InChI is InChI=1S/C14H15N3O4S2/c15-9(18)7-21-11-3-5-23-14-12(13(20)17(11)14)16-10(19)6-8-2-1-4-22-8/h1-4,12,14H,5-7H2,(H2,15,18)(H,16,19). The minimum Gasteiger partial charge on any atom is -0.469 e. The molecule has 0 bridgehead atoms. The molecule has 3 heterocycles. The summed E-state index contributed by atoms with van der Waals surface area (Å²) in [6.45, 7) is -0.275. The van der Waals surface area contributed by atoms with Crippen molar-refractivity contribution in [1.82, 2.24) is 10.2 Å². The highest BCUT2D eigenvalue weighted by Gasteiger charge is 2.52. The second kappa shape index (κ2) is 6.63. The number of primary amides is 1. The zero-order valence-corrected chi connectivity index (χ0v) is 13.7. The molecular formula is C14H15N3O4S2. The van der Waals surface area contributed by atoms with Crippen LogP contribution in [0.25, 0.3) is 0 Å². The van der Waals surface area contributed by atoms with Gasteiger partial charge in [0, 0.05) is 10.6 Å². The monoisotopic (exact) mass is 353 g/mol. The van der Waals surface area contributed by atoms with Gasteiger partial charge in [-0.1, -0.05) is 6.07 Å². The average molecular weight is 353 g/mol. The van der Waals surface area contributed by atoms with Gasteiger partial charge in [-0.3, -0.25) is 19.3 Å². The summed E-state index contributed by atoms with van der Waals surface area (Å²) >= 11 is 3.04. The highest BCUT2D eigenvalue weighted by molar-refractivity contribution is 8.00. The third kappa shape index (κ3) is 3.35. The molecule has 7 nitrogen and oxygen atoms in total. The van der Waals surface area contributed by atoms with E-state index in [1.54, 1.807) is 6.08 Å². The number of β-lactam (4-membered cyclic amide) rings is 1. The van der Waals surface area contributed by atoms with E-state index in [4.69, 9.17) is 10.5 Å². The van der Waals surface area contributed by atoms with Crippen molar-refractivity contribution in [3.05, 3.63) is 34.3 Å². The maximum absolute atomic E-state index is 12.3. The smallest absolute Gasteiger partial charge is 0.256 e. The van der Waals surface area contributed by atoms with Gasteiger partial charge in [0.05, 0.1) is 6.42 Å². The lowest BCUT2D eigenvalue weighted by atomic mass is 10.1. The predicted octanol–water partition coefficient (Wildman–Crippen LogP) is 0.0338. The fourth-order valence-corrected chi connectivity index (χ4v) is 4.26. The first kappa shape index (κ1) is 15.9. The average Bonchev–Trinajstić information content (AvgIpc) is 3.02. The first-order chi connectivity index (χ1) is 11.1. The van der Waals surface area contributed by atoms with Crippen molar-refractivity contribution in [2.24, 2.45) is 5.73 Å². The molecule has 1 aromatic heterocycles. The fraction of sp³-hybridized carbons (Fsp3) is 0.357. The molecule has 0 saturated carbocycles. The number of hydrogen-bond acceptors (Lipinski definition) is 6. The number of ether oxygens (including phenoxy) is 1. The minimum atomic E-state index is -0.602. The quantitative estimate of drug-likeness (QED) is 0.703. The van der Waals surface area contributed by atoms with E-state index in [0.29, 0.717) is 11.6 Å². The third-order valence-corrected chi connectivity index (χ3v) is 5.46. The van der Waals surface area contributed by atoms with Gasteiger partial charge in [0.2, 0.25) is 5.91 Å². The number of nitrogens with two attached hydrogens (primary N) is 1. The van der Waals surface area contributed by atoms with Crippen LogP contribution in [0.4, 0.5) is 0 Å². The normalized spacial score (nSPS) is 22.7. The molecule has 3 amide bonds. The topological polar surface area (TPSA) is 102 Å². The Balaban J connectivity index is 1.58. The largest absolute Gasteiger partial charge is 0.469 e. The molecule has 1 aromatic rings. The van der Waals surface area contributed by atoms with Crippen molar-refractivity contribution in [3.63, 3.8) is 0 Å². The maximum Gasteiger partial charge on any atom is 0.256 e. The lowest BCUT2D eigenvalue weighted by Crippen LogP contribution is -2.70. The molecule has 0 spiro atoms. The number of thiophene rings is 1. The Morgan fingerprint density at radius 1 is 1.48 bits per heavy atom. The Morgan fingerprint density at radius 2 is 2.30 bits per heavy atom. The summed E-state index contributed by atoms with van der Waals surface area (Å²) in [7, 11) is 0. The summed E-state index contributed by atoms with van der Waals surface area (Å²) in [5.41, 5.74) is 5.04. The third-order valence-electron chi connectivity index (χ3n) is 3.40. The number of carbonyl (C=O) groups is 3. The van der Waals surface area contributed by atoms with E-state index >= 15 is 0 Å². The molecule has 3 N–H and O–H groups in total. The highest BCUT2D eigenvalue weighted by atomic mass is 32.2. The van der Waals surface area contributed by atoms with Gasteiger partial charge in [-0.15, -0.1) is 23.1 Å². The number of nitrogens with one attached hydrogen (secondary N) is 1. The molecule has 2 aliphatic heterocycles. The van der Waals surface area contributed by atoms with Crippen LogP contribution >= 0.6 is 23.1 Å². The number of thioether (sulfide) groups is 1. The Kier molecular flexibility index (Phi) is 4.58. The van der Waals surface area contributed by atoms with E-state index < -0.39 is 11.9 Å². The summed E-state index contributed by atoms with van der Waals surface area (Å²) in [4.78, 5) is 37.5. The lowest BCUT2D eigenvalue weighted by molar-refractivity contribution is -0.150. The van der Waals surface area contributed by atoms with Gasteiger partial charge in [0.1, 0.15) is 11.4 Å². The van der Waals surface area contributed by atoms with Crippen molar-refractivity contribution in [1.29, 1.82) is 0 Å². The van der Waals surface area contributed by atoms with Crippen LogP contribution in [-0.4, -0.2) is 46.4 Å². The van der Waals surface area contributed by atoms with Crippen molar-refractivity contribution >= 4 is 40.8 Å². The first-order valence-electron chi connectivity index (χ1n) is 6.94. The lowest BCUT2D eigenvalue weighted by Gasteiger charge is -2.48. The Morgan fingerprint density at radius 3 is 3.00 bits per heavy atom. The van der Waals surface area contributed by atoms with E-state index in [1.807, 2.05) is 17.5 Å². The van der Waals surface area contributed by atoms with Gasteiger partial charge < -0.3 is 15.8 Å². The zero-order chi connectivity index (χ0) is 16.4. The summed E-state index contributed by atoms with van der Waals surface area (Å²) in [5, 5.41) is 4.47. The van der Waals surface area contributed by atoms with E-state index in [0.717, 1.165) is 4.88 Å². The van der Waals surface area contributed by atoms with Crippen molar-refractivity contribution < 1.29 is 19.1 Å². The minimum absolute atomic E-state index is 0.180. The first-order valence-corrected chi connectivity index (χ1v) is 8.87. The van der Waals surface area contributed by atoms with Gasteiger partial charge in [0.25, 0.3) is 11.8 Å². The van der Waals surface area contributed by atoms with Crippen LogP contribution in [0.3, 0.4) is 0 Å². The summed E-state index contributed by atoms with van der Waals surface area (Å²) in [6, 6.07) is 3.20. The molecule has 2 unspecified atom stereocenters. The van der Waals surface area contributed by atoms with Crippen LogP contribution in [0, 0.1) is 0 Å². The molecule has 0 radical (unpaired) electrons. The highest BCUT2D eigenvalue weighted by Crippen LogP contribution is 2.37. The van der Waals surface area contributed by atoms with Gasteiger partial charge >= 0.3 is 0 Å². The van der Waals surface area contributed by atoms with Crippen LogP contribution in [0.15, 0.2) is 29.5 Å². The molecule has 0 aromatic carbocycles. The predicted molar refractivity (Wildman–Crippen MR) is 86.3 cm³/mol. The van der Waals surface area contributed by atoms with E-state index in [9.17, 15) is 14.4 Å². The maximum atomic E-state index is 12.3. The molecule has 1 saturated heterocycles. The molecule has 2 atom stereocenters. The molecule has 122 valence electrons. The fourth-order valence-electron chi connectivity index (χ4n) is 2.39. The second-order valence-corrected chi connectivity index (χ2v) is 7.21. The van der Waals surface area contributed by atoms with Crippen LogP contribution < -0.4 is 11.1 Å². The van der Waals surface area contributed by atoms with Crippen molar-refractivity contribution in [3.8, 4) is 0 Å². The molecule has 23 heavy (non-hydrogen) atoms. The number of carbonyl (C=O) groups excluding carboxylic acids is 3. The van der Waals surface area contributed by atoms with Crippen molar-refractivity contribution in [2.45, 2.75) is 17.8 Å². The van der Waals surface area contributed by atoms with Crippen LogP contribution in [0.1, 0.15) is 4.88 Å². The van der Waals surface area contributed by atoms with Gasteiger partial charge in [-0.2, -0.15) is 0 Å². The van der Waals surface area contributed by atoms with E-state index in [-0.39, 0.29) is 30.2 Å². The molecular weight excluding hydrogens is 338 g/mol. The Bertz CT molecular complexity index is 659. The van der Waals surface area contributed by atoms with Gasteiger partial charge in [-0.05, 0) is 17.5 Å². The van der Waals surface area contributed by atoms with Crippen LogP contribution in [0.5, 0.6) is 0 Å². The Hall–Kier alpha value is -2.00. The summed E-state index contributed by atoms with van der Waals surface area (Å²) in [5.74, 6) is -0.0479. The van der Waals surface area contributed by atoms with Crippen molar-refractivity contribution in [2.75, 3.05) is 12.4 Å². The second-order valence-electron chi connectivity index (χ2n) is 5.03. The van der Waals surface area contributed by atoms with Crippen LogP contribution in [0.2, 0.25) is 0 Å². The summed E-state index contributed by atoms with van der Waals surface area (Å²) < 4.78 is 5.25. The van der Waals surface area contributed by atoms with Gasteiger partial charge in [-0.25, -0.2) is 0 Å². The summed E-state index contributed by atoms with van der Waals surface area (Å²) in [6.07, 6.45) is 1.99. The molecule has 3 rings (SSSR count).